The Labute approximate surface area is 413 Å². The lowest BCUT2D eigenvalue weighted by Gasteiger charge is -2.21. The van der Waals surface area contributed by atoms with Crippen LogP contribution in [0.25, 0.3) is 0 Å². The second kappa shape index (κ2) is 29.8. The average molecular weight is 964 g/mol. The van der Waals surface area contributed by atoms with Gasteiger partial charge < -0.3 is 56.2 Å². The molecule has 0 amide bonds. The second-order valence-corrected chi connectivity index (χ2v) is 20.1. The molecule has 0 aromatic carbocycles. The Morgan fingerprint density at radius 2 is 1.13 bits per heavy atom. The Kier molecular flexibility index (Phi) is 24.4. The quantitative estimate of drug-likeness (QED) is 0.132. The molecule has 0 fully saturated rings. The number of hydrogen-bond acceptors (Lipinski definition) is 15. The Balaban J connectivity index is 0.000000181. The van der Waals surface area contributed by atoms with Crippen LogP contribution < -0.4 is 42.0 Å². The number of rotatable bonds is 6. The van der Waals surface area contributed by atoms with Gasteiger partial charge >= 0.3 is 0 Å². The summed E-state index contributed by atoms with van der Waals surface area (Å²) in [6.07, 6.45) is 11.7. The molecule has 0 saturated heterocycles. The highest BCUT2D eigenvalue weighted by Gasteiger charge is 2.17. The number of anilines is 1. The fourth-order valence-corrected chi connectivity index (χ4v) is 7.45. The SMILES string of the molecule is CC(C)NC1=NCC(F)CN1.CC(C)NC1=NCC(O)CN1.CC(C)NC1=NCCCN1.CC(C)c1ccc2c(n1)NCCCO2.CC(C)c1cn2c(n1)CCC2.CC(C)c1cn2c(n1)CCCC2. The number of aliphatic imine (C=N–C) groups is 3. The van der Waals surface area contributed by atoms with E-state index in [1.807, 2.05) is 26.0 Å². The predicted molar refractivity (Wildman–Crippen MR) is 282 cm³/mol. The minimum atomic E-state index is -0.826. The molecule has 2 atom stereocenters. The van der Waals surface area contributed by atoms with Gasteiger partial charge in [-0.25, -0.2) is 19.3 Å². The zero-order chi connectivity index (χ0) is 50.3. The van der Waals surface area contributed by atoms with E-state index in [2.05, 4.69) is 158 Å². The van der Waals surface area contributed by atoms with Crippen molar-refractivity contribution < 1.29 is 14.2 Å². The Bertz CT molecular complexity index is 1940. The number of nitrogens with one attached hydrogen (secondary N) is 7. The number of aryl methyl sites for hydroxylation is 4. The number of hydrogen-bond donors (Lipinski definition) is 8. The van der Waals surface area contributed by atoms with Gasteiger partial charge in [0.05, 0.1) is 43.7 Å². The van der Waals surface area contributed by atoms with Gasteiger partial charge in [0.2, 0.25) is 0 Å². The van der Waals surface area contributed by atoms with Crippen LogP contribution in [0, 0.1) is 0 Å². The number of β-amino-alcohol motifs (C(OH)–C–C–N with tert-alkyl or cyclic N) is 1. The van der Waals surface area contributed by atoms with Crippen molar-refractivity contribution in [2.75, 3.05) is 57.7 Å². The summed E-state index contributed by atoms with van der Waals surface area (Å²) in [6.45, 7) is 33.3. The van der Waals surface area contributed by atoms with Crippen LogP contribution in [0.4, 0.5) is 10.2 Å². The lowest BCUT2D eigenvalue weighted by atomic mass is 10.1. The number of aromatic nitrogens is 5. The van der Waals surface area contributed by atoms with Gasteiger partial charge in [-0.2, -0.15) is 0 Å². The van der Waals surface area contributed by atoms with Crippen LogP contribution in [0.2, 0.25) is 0 Å². The van der Waals surface area contributed by atoms with Crippen LogP contribution in [0.15, 0.2) is 39.5 Å². The number of alkyl halides is 1. The Morgan fingerprint density at radius 3 is 1.62 bits per heavy atom. The van der Waals surface area contributed by atoms with E-state index in [4.69, 9.17) is 9.84 Å². The number of halogens is 1. The van der Waals surface area contributed by atoms with Gasteiger partial charge in [-0.1, -0.05) is 41.5 Å². The molecule has 9 rings (SSSR count). The van der Waals surface area contributed by atoms with Crippen LogP contribution in [-0.4, -0.2) is 130 Å². The van der Waals surface area contributed by atoms with Crippen molar-refractivity contribution in [2.24, 2.45) is 15.0 Å². The molecular weight excluding hydrogens is 874 g/mol. The minimum absolute atomic E-state index is 0.280. The standard InChI is InChI=1S/C11H16N2O.C10H16N2.C9H14N2.C7H14FN3.C7H15N3O.C7H15N3/c1-8(2)9-4-5-10-11(13-9)12-6-3-7-14-10;1-8(2)9-7-12-6-4-3-5-10(12)11-9;1-7(2)8-6-11-5-3-4-9(11)10-8;1-5(2)11-7-9-3-6(8)4-10-7;1-5(2)10-7-8-3-6(11)4-9-7;1-6(2)10-7-8-4-3-5-9-7/h4-5,8H,3,6-7H2,1-2H3,(H,12,13);7-8H,3-6H2,1-2H3;6-7H,3-5H2,1-2H3;5-6H,3-4H2,1-2H3,(H2,9,10,11);5-6,11H,3-4H2,1-2H3,(H2,8,9,10);6H,3-5H2,1-2H3,(H2,8,9,10). The van der Waals surface area contributed by atoms with E-state index in [1.165, 1.54) is 68.2 Å². The zero-order valence-electron chi connectivity index (χ0n) is 44.3. The molecule has 3 aromatic rings. The van der Waals surface area contributed by atoms with E-state index >= 15 is 0 Å². The van der Waals surface area contributed by atoms with Gasteiger partial charge in [-0.05, 0) is 104 Å². The predicted octanol–water partition coefficient (Wildman–Crippen LogP) is 6.61. The van der Waals surface area contributed by atoms with E-state index in [1.54, 1.807) is 0 Å². The monoisotopic (exact) mass is 964 g/mol. The number of fused-ring (bicyclic) bond motifs is 3. The molecule has 0 bridgehead atoms. The molecule has 0 spiro atoms. The number of nitrogens with zero attached hydrogens (tertiary/aromatic N) is 8. The maximum atomic E-state index is 12.5. The fourth-order valence-electron chi connectivity index (χ4n) is 7.45. The third kappa shape index (κ3) is 21.2. The van der Waals surface area contributed by atoms with Gasteiger partial charge in [0.25, 0.3) is 0 Å². The van der Waals surface area contributed by atoms with Crippen LogP contribution in [-0.2, 0) is 25.9 Å². The first-order valence-corrected chi connectivity index (χ1v) is 25.9. The van der Waals surface area contributed by atoms with Crippen LogP contribution in [0.1, 0.15) is 162 Å². The van der Waals surface area contributed by atoms with Crippen LogP contribution >= 0.6 is 0 Å². The highest BCUT2D eigenvalue weighted by Crippen LogP contribution is 2.27. The lowest BCUT2D eigenvalue weighted by molar-refractivity contribution is 0.180. The normalized spacial score (nSPS) is 18.9. The smallest absolute Gasteiger partial charge is 0.191 e. The van der Waals surface area contributed by atoms with Gasteiger partial charge in [0, 0.05) is 88.3 Å². The van der Waals surface area contributed by atoms with Crippen molar-refractivity contribution in [1.29, 1.82) is 0 Å². The number of ether oxygens (including phenoxy) is 1. The molecule has 8 N–H and O–H groups in total. The fraction of sp³-hybridized carbons (Fsp3) is 0.725. The average Bonchev–Trinajstić information content (AvgIpc) is 4.02. The molecule has 2 unspecified atom stereocenters. The third-order valence-corrected chi connectivity index (χ3v) is 11.2. The summed E-state index contributed by atoms with van der Waals surface area (Å²) >= 11 is 0. The number of guanidine groups is 3. The van der Waals surface area contributed by atoms with Gasteiger partial charge in [-0.15, -0.1) is 0 Å². The lowest BCUT2D eigenvalue weighted by Crippen LogP contribution is -2.48. The third-order valence-electron chi connectivity index (χ3n) is 11.2. The first kappa shape index (κ1) is 56.5. The molecule has 0 saturated carbocycles. The first-order chi connectivity index (χ1) is 33.0. The van der Waals surface area contributed by atoms with Crippen LogP contribution in [0.3, 0.4) is 0 Å². The molecule has 6 aliphatic rings. The molecule has 9 heterocycles. The molecule has 6 aliphatic heterocycles. The molecular formula is C51H90FN15O2. The van der Waals surface area contributed by atoms with Crippen molar-refractivity contribution >= 4 is 23.7 Å². The second-order valence-electron chi connectivity index (χ2n) is 20.1. The summed E-state index contributed by atoms with van der Waals surface area (Å²) < 4.78 is 22.7. The van der Waals surface area contributed by atoms with Crippen molar-refractivity contribution in [2.45, 2.75) is 189 Å². The van der Waals surface area contributed by atoms with E-state index in [-0.39, 0.29) is 12.6 Å². The number of imidazole rings is 2. The van der Waals surface area contributed by atoms with Gasteiger partial charge in [0.1, 0.15) is 17.8 Å². The van der Waals surface area contributed by atoms with Gasteiger partial charge in [-0.3, -0.25) is 15.0 Å². The maximum Gasteiger partial charge on any atom is 0.191 e. The molecule has 388 valence electrons. The summed E-state index contributed by atoms with van der Waals surface area (Å²) in [5.74, 6) is 8.45. The summed E-state index contributed by atoms with van der Waals surface area (Å²) in [6, 6.07) is 5.25. The highest BCUT2D eigenvalue weighted by molar-refractivity contribution is 5.81. The van der Waals surface area contributed by atoms with Crippen LogP contribution in [0.5, 0.6) is 5.75 Å². The zero-order valence-corrected chi connectivity index (χ0v) is 44.3. The molecule has 69 heavy (non-hydrogen) atoms. The summed E-state index contributed by atoms with van der Waals surface area (Å²) in [7, 11) is 0. The number of aliphatic hydroxyl groups is 1. The summed E-state index contributed by atoms with van der Waals surface area (Å²) in [5, 5.41) is 30.8. The molecule has 0 radical (unpaired) electrons. The van der Waals surface area contributed by atoms with Crippen molar-refractivity contribution in [3.63, 3.8) is 0 Å². The molecule has 0 aliphatic carbocycles. The molecule has 17 nitrogen and oxygen atoms in total. The van der Waals surface area contributed by atoms with Crippen molar-refractivity contribution in [1.82, 2.24) is 56.0 Å². The van der Waals surface area contributed by atoms with E-state index in [0.29, 0.717) is 61.5 Å². The molecule has 18 heteroatoms. The summed E-state index contributed by atoms with van der Waals surface area (Å²) in [5.41, 5.74) is 3.62. The Hall–Kier alpha value is -5.13. The van der Waals surface area contributed by atoms with Crippen molar-refractivity contribution in [3.05, 3.63) is 53.3 Å². The number of aliphatic hydroxyl groups excluding tert-OH is 1. The van der Waals surface area contributed by atoms with Crippen molar-refractivity contribution in [3.8, 4) is 5.75 Å². The summed E-state index contributed by atoms with van der Waals surface area (Å²) in [4.78, 5) is 26.0. The Morgan fingerprint density at radius 1 is 0.594 bits per heavy atom. The minimum Gasteiger partial charge on any atom is -0.490 e. The number of pyridine rings is 1. The first-order valence-electron chi connectivity index (χ1n) is 25.9. The molecule has 3 aromatic heterocycles. The topological polar surface area (TPSA) is 199 Å². The van der Waals surface area contributed by atoms with E-state index < -0.39 is 6.17 Å². The maximum absolute atomic E-state index is 12.5. The van der Waals surface area contributed by atoms with Gasteiger partial charge in [0.15, 0.2) is 29.4 Å². The largest absolute Gasteiger partial charge is 0.490 e. The van der Waals surface area contributed by atoms with E-state index in [9.17, 15) is 4.39 Å². The van der Waals surface area contributed by atoms with E-state index in [0.717, 1.165) is 68.3 Å². The highest BCUT2D eigenvalue weighted by atomic mass is 19.1.